The summed E-state index contributed by atoms with van der Waals surface area (Å²) in [5.74, 6) is 2.53. The largest absolute Gasteiger partial charge is 0.383 e. The molecule has 1 fully saturated rings. The normalized spacial score (nSPS) is 22.8. The minimum Gasteiger partial charge on any atom is -0.383 e. The molecule has 25 heavy (non-hydrogen) atoms. The van der Waals surface area contributed by atoms with Gasteiger partial charge in [0.05, 0.1) is 13.2 Å². The molecule has 0 saturated heterocycles. The Bertz CT molecular complexity index is 697. The Morgan fingerprint density at radius 2 is 1.92 bits per heavy atom. The number of hydrogen-bond acceptors (Lipinski definition) is 5. The van der Waals surface area contributed by atoms with Crippen LogP contribution in [0.5, 0.6) is 0 Å². The Kier molecular flexibility index (Phi) is 4.83. The van der Waals surface area contributed by atoms with Crippen molar-refractivity contribution >= 4 is 0 Å². The molecule has 0 atom stereocenters. The molecule has 0 amide bonds. The molecule has 6 nitrogen and oxygen atoms in total. The maximum absolute atomic E-state index is 5.95. The Morgan fingerprint density at radius 3 is 2.56 bits per heavy atom. The third-order valence-corrected chi connectivity index (χ3v) is 5.51. The molecular weight excluding hydrogens is 314 g/mol. The summed E-state index contributed by atoms with van der Waals surface area (Å²) >= 11 is 0. The number of nitrogens with two attached hydrogens (primary N) is 1. The quantitative estimate of drug-likeness (QED) is 0.796. The molecule has 1 aromatic carbocycles. The van der Waals surface area contributed by atoms with Gasteiger partial charge in [-0.15, -0.1) is 10.2 Å². The molecule has 1 saturated carbocycles. The van der Waals surface area contributed by atoms with E-state index in [1.807, 2.05) is 0 Å². The van der Waals surface area contributed by atoms with E-state index in [0.29, 0.717) is 24.6 Å². The summed E-state index contributed by atoms with van der Waals surface area (Å²) < 4.78 is 7.51. The number of ether oxygens (including phenoxy) is 1. The first-order valence-electron chi connectivity index (χ1n) is 9.21. The van der Waals surface area contributed by atoms with E-state index in [-0.39, 0.29) is 0 Å². The van der Waals surface area contributed by atoms with Crippen molar-refractivity contribution in [3.8, 4) is 0 Å². The number of rotatable bonds is 7. The maximum Gasteiger partial charge on any atom is 0.147 e. The van der Waals surface area contributed by atoms with Gasteiger partial charge in [0.25, 0.3) is 0 Å². The van der Waals surface area contributed by atoms with Gasteiger partial charge in [0.15, 0.2) is 0 Å². The second-order valence-electron chi connectivity index (χ2n) is 7.30. The van der Waals surface area contributed by atoms with E-state index in [2.05, 4.69) is 44.3 Å². The Morgan fingerprint density at radius 1 is 1.20 bits per heavy atom. The minimum atomic E-state index is 0.316. The number of aromatic nitrogens is 3. The molecule has 0 unspecified atom stereocenters. The zero-order valence-electron chi connectivity index (χ0n) is 14.8. The topological polar surface area (TPSA) is 78.0 Å². The van der Waals surface area contributed by atoms with Crippen LogP contribution in [0.4, 0.5) is 0 Å². The standard InChI is InChI=1S/C19H27N5O/c1-25-7-6-24-18(22-23-19(24)15-8-16(20)9-15)12-21-17-10-13-4-2-3-5-14(13)11-17/h2-5,15-17,21H,6-12,20H2,1H3. The highest BCUT2D eigenvalue weighted by Crippen LogP contribution is 2.34. The van der Waals surface area contributed by atoms with Gasteiger partial charge in [0.2, 0.25) is 0 Å². The molecule has 6 heteroatoms. The van der Waals surface area contributed by atoms with Gasteiger partial charge in [0.1, 0.15) is 11.6 Å². The second kappa shape index (κ2) is 7.23. The molecule has 134 valence electrons. The molecule has 0 radical (unpaired) electrons. The van der Waals surface area contributed by atoms with Crippen LogP contribution in [0.1, 0.15) is 41.5 Å². The van der Waals surface area contributed by atoms with E-state index < -0.39 is 0 Å². The van der Waals surface area contributed by atoms with E-state index in [1.165, 1.54) is 11.1 Å². The van der Waals surface area contributed by atoms with E-state index in [0.717, 1.165) is 50.4 Å². The highest BCUT2D eigenvalue weighted by atomic mass is 16.5. The van der Waals surface area contributed by atoms with Crippen molar-refractivity contribution in [3.05, 3.63) is 47.0 Å². The van der Waals surface area contributed by atoms with Crippen LogP contribution in [0.15, 0.2) is 24.3 Å². The fourth-order valence-electron chi connectivity index (χ4n) is 4.02. The van der Waals surface area contributed by atoms with Crippen LogP contribution in [0.3, 0.4) is 0 Å². The summed E-state index contributed by atoms with van der Waals surface area (Å²) in [6, 6.07) is 9.50. The second-order valence-corrected chi connectivity index (χ2v) is 7.30. The third-order valence-electron chi connectivity index (χ3n) is 5.51. The number of nitrogens with zero attached hydrogens (tertiary/aromatic N) is 3. The molecule has 1 aromatic heterocycles. The molecule has 0 bridgehead atoms. The molecule has 1 heterocycles. The summed E-state index contributed by atoms with van der Waals surface area (Å²) in [5, 5.41) is 12.6. The fraction of sp³-hybridized carbons (Fsp3) is 0.579. The van der Waals surface area contributed by atoms with Crippen molar-refractivity contribution in [1.29, 1.82) is 0 Å². The number of hydrogen-bond donors (Lipinski definition) is 2. The van der Waals surface area contributed by atoms with E-state index in [1.54, 1.807) is 7.11 Å². The van der Waals surface area contributed by atoms with Crippen LogP contribution < -0.4 is 11.1 Å². The predicted molar refractivity (Wildman–Crippen MR) is 96.3 cm³/mol. The minimum absolute atomic E-state index is 0.316. The molecule has 0 aliphatic heterocycles. The fourth-order valence-corrected chi connectivity index (χ4v) is 4.02. The number of fused-ring (bicyclic) bond motifs is 1. The van der Waals surface area contributed by atoms with Gasteiger partial charge in [-0.3, -0.25) is 0 Å². The van der Waals surface area contributed by atoms with Crippen molar-refractivity contribution < 1.29 is 4.74 Å². The highest BCUT2D eigenvalue weighted by Gasteiger charge is 2.32. The third kappa shape index (κ3) is 3.47. The number of nitrogens with one attached hydrogen (secondary N) is 1. The van der Waals surface area contributed by atoms with Crippen molar-refractivity contribution in [2.45, 2.75) is 56.8 Å². The van der Waals surface area contributed by atoms with Crippen molar-refractivity contribution in [3.63, 3.8) is 0 Å². The molecule has 4 rings (SSSR count). The molecule has 3 N–H and O–H groups in total. The average molecular weight is 341 g/mol. The van der Waals surface area contributed by atoms with Crippen LogP contribution in [-0.4, -0.2) is 40.6 Å². The number of methoxy groups -OCH3 is 1. The van der Waals surface area contributed by atoms with Crippen LogP contribution in [0.25, 0.3) is 0 Å². The van der Waals surface area contributed by atoms with Gasteiger partial charge in [-0.05, 0) is 36.8 Å². The lowest BCUT2D eigenvalue weighted by Crippen LogP contribution is -2.36. The molecular formula is C19H27N5O. The first-order chi connectivity index (χ1) is 12.2. The van der Waals surface area contributed by atoms with E-state index in [9.17, 15) is 0 Å². The maximum atomic E-state index is 5.95. The lowest BCUT2D eigenvalue weighted by atomic mass is 9.80. The van der Waals surface area contributed by atoms with E-state index >= 15 is 0 Å². The summed E-state index contributed by atoms with van der Waals surface area (Å²) in [7, 11) is 1.73. The van der Waals surface area contributed by atoms with Crippen molar-refractivity contribution in [2.24, 2.45) is 5.73 Å². The van der Waals surface area contributed by atoms with Crippen LogP contribution in [0.2, 0.25) is 0 Å². The monoisotopic (exact) mass is 341 g/mol. The Hall–Kier alpha value is -1.76. The summed E-state index contributed by atoms with van der Waals surface area (Å²) in [6.45, 7) is 2.21. The summed E-state index contributed by atoms with van der Waals surface area (Å²) in [4.78, 5) is 0. The Balaban J connectivity index is 1.42. The molecule has 0 spiro atoms. The van der Waals surface area contributed by atoms with Crippen LogP contribution >= 0.6 is 0 Å². The van der Waals surface area contributed by atoms with E-state index in [4.69, 9.17) is 10.5 Å². The van der Waals surface area contributed by atoms with Gasteiger partial charge in [0, 0.05) is 31.7 Å². The zero-order valence-corrected chi connectivity index (χ0v) is 14.8. The zero-order chi connectivity index (χ0) is 17.2. The van der Waals surface area contributed by atoms with Crippen LogP contribution in [0, 0.1) is 0 Å². The molecule has 2 aliphatic rings. The van der Waals surface area contributed by atoms with Gasteiger partial charge in [-0.25, -0.2) is 0 Å². The van der Waals surface area contributed by atoms with Crippen molar-refractivity contribution in [2.75, 3.05) is 13.7 Å². The first-order valence-corrected chi connectivity index (χ1v) is 9.21. The molecule has 2 aliphatic carbocycles. The van der Waals surface area contributed by atoms with Gasteiger partial charge >= 0.3 is 0 Å². The summed E-state index contributed by atoms with van der Waals surface area (Å²) in [5.41, 5.74) is 8.88. The smallest absolute Gasteiger partial charge is 0.147 e. The first kappa shape index (κ1) is 16.7. The van der Waals surface area contributed by atoms with Gasteiger partial charge in [-0.1, -0.05) is 24.3 Å². The predicted octanol–water partition coefficient (Wildman–Crippen LogP) is 1.39. The highest BCUT2D eigenvalue weighted by molar-refractivity contribution is 5.33. The van der Waals surface area contributed by atoms with Crippen molar-refractivity contribution in [1.82, 2.24) is 20.1 Å². The Labute approximate surface area is 148 Å². The van der Waals surface area contributed by atoms with Crippen LogP contribution in [-0.2, 0) is 30.7 Å². The molecule has 2 aromatic rings. The SMILES string of the molecule is COCCn1c(CNC2Cc3ccccc3C2)nnc1C1CC(N)C1. The van der Waals surface area contributed by atoms with Gasteiger partial charge in [-0.2, -0.15) is 0 Å². The average Bonchev–Trinajstić information content (AvgIpc) is 3.18. The van der Waals surface area contributed by atoms with Gasteiger partial charge < -0.3 is 20.4 Å². The lowest BCUT2D eigenvalue weighted by molar-refractivity contribution is 0.183. The summed E-state index contributed by atoms with van der Waals surface area (Å²) in [6.07, 6.45) is 4.20. The lowest BCUT2D eigenvalue weighted by Gasteiger charge is -2.31. The number of benzene rings is 1.